The maximum atomic E-state index is 5.72. The van der Waals surface area contributed by atoms with Crippen LogP contribution in [0.3, 0.4) is 0 Å². The van der Waals surface area contributed by atoms with Gasteiger partial charge in [0.25, 0.3) is 0 Å². The van der Waals surface area contributed by atoms with Gasteiger partial charge in [-0.15, -0.1) is 0 Å². The molecule has 0 unspecified atom stereocenters. The zero-order valence-corrected chi connectivity index (χ0v) is 7.29. The van der Waals surface area contributed by atoms with Crippen molar-refractivity contribution < 1.29 is 4.74 Å². The minimum absolute atomic E-state index is 0.452. The van der Waals surface area contributed by atoms with E-state index >= 15 is 0 Å². The Labute approximate surface area is 72.6 Å². The number of pyridine rings is 1. The quantitative estimate of drug-likeness (QED) is 0.667. The van der Waals surface area contributed by atoms with Gasteiger partial charge in [0, 0.05) is 6.20 Å². The van der Waals surface area contributed by atoms with E-state index in [0.29, 0.717) is 6.10 Å². The second-order valence-corrected chi connectivity index (χ2v) is 3.26. The Morgan fingerprint density at radius 3 is 2.92 bits per heavy atom. The summed E-state index contributed by atoms with van der Waals surface area (Å²) in [6.45, 7) is 1.98. The predicted molar refractivity (Wildman–Crippen MR) is 47.2 cm³/mol. The third kappa shape index (κ3) is 1.42. The van der Waals surface area contributed by atoms with E-state index in [4.69, 9.17) is 4.74 Å². The Kier molecular flexibility index (Phi) is 1.98. The summed E-state index contributed by atoms with van der Waals surface area (Å²) in [5, 5.41) is 0. The molecule has 0 saturated heterocycles. The average molecular weight is 163 g/mol. The first kappa shape index (κ1) is 7.59. The second-order valence-electron chi connectivity index (χ2n) is 3.26. The molecule has 1 heterocycles. The molecule has 1 saturated carbocycles. The Bertz CT molecular complexity index is 268. The normalized spacial score (nSPS) is 17.1. The van der Waals surface area contributed by atoms with E-state index in [-0.39, 0.29) is 0 Å². The highest BCUT2D eigenvalue weighted by Crippen LogP contribution is 2.25. The lowest BCUT2D eigenvalue weighted by Crippen LogP contribution is -2.24. The van der Waals surface area contributed by atoms with Gasteiger partial charge in [0.1, 0.15) is 5.75 Å². The third-order valence-electron chi connectivity index (χ3n) is 2.30. The molecule has 1 aromatic rings. The van der Waals surface area contributed by atoms with Crippen molar-refractivity contribution in [1.29, 1.82) is 0 Å². The van der Waals surface area contributed by atoms with E-state index in [2.05, 4.69) is 4.98 Å². The van der Waals surface area contributed by atoms with Gasteiger partial charge in [-0.25, -0.2) is 0 Å². The molecule has 12 heavy (non-hydrogen) atoms. The second kappa shape index (κ2) is 3.13. The molecule has 2 nitrogen and oxygen atoms in total. The van der Waals surface area contributed by atoms with Gasteiger partial charge in [0.05, 0.1) is 11.8 Å². The van der Waals surface area contributed by atoms with Gasteiger partial charge >= 0.3 is 0 Å². The van der Waals surface area contributed by atoms with Crippen LogP contribution in [0, 0.1) is 6.92 Å². The van der Waals surface area contributed by atoms with E-state index in [1.807, 2.05) is 19.1 Å². The first-order chi connectivity index (χ1) is 5.86. The van der Waals surface area contributed by atoms with Crippen LogP contribution in [-0.4, -0.2) is 11.1 Å². The number of rotatable bonds is 2. The van der Waals surface area contributed by atoms with Crippen molar-refractivity contribution in [3.05, 3.63) is 24.0 Å². The van der Waals surface area contributed by atoms with Crippen LogP contribution in [-0.2, 0) is 0 Å². The van der Waals surface area contributed by atoms with Gasteiger partial charge < -0.3 is 4.74 Å². The van der Waals surface area contributed by atoms with Crippen molar-refractivity contribution in [2.75, 3.05) is 0 Å². The summed E-state index contributed by atoms with van der Waals surface area (Å²) in [6, 6.07) is 3.90. The van der Waals surface area contributed by atoms with Gasteiger partial charge in [-0.2, -0.15) is 0 Å². The van der Waals surface area contributed by atoms with Crippen LogP contribution in [0.15, 0.2) is 18.3 Å². The molecular formula is C10H13NO. The highest BCUT2D eigenvalue weighted by Gasteiger charge is 2.19. The number of aromatic nitrogens is 1. The minimum Gasteiger partial charge on any atom is -0.489 e. The molecule has 1 fully saturated rings. The Morgan fingerprint density at radius 1 is 1.50 bits per heavy atom. The monoisotopic (exact) mass is 163 g/mol. The fourth-order valence-electron chi connectivity index (χ4n) is 1.26. The van der Waals surface area contributed by atoms with Crippen molar-refractivity contribution in [3.8, 4) is 5.75 Å². The standard InChI is InChI=1S/C10H13NO/c1-8-10(6-3-7-11-8)12-9-4-2-5-9/h3,6-7,9H,2,4-5H2,1H3. The smallest absolute Gasteiger partial charge is 0.140 e. The summed E-state index contributed by atoms with van der Waals surface area (Å²) in [6.07, 6.45) is 5.96. The van der Waals surface area contributed by atoms with Gasteiger partial charge in [-0.1, -0.05) is 0 Å². The Morgan fingerprint density at radius 2 is 2.33 bits per heavy atom. The molecule has 0 bridgehead atoms. The molecule has 0 aliphatic heterocycles. The molecule has 0 spiro atoms. The fourth-order valence-corrected chi connectivity index (χ4v) is 1.26. The van der Waals surface area contributed by atoms with Gasteiger partial charge in [-0.3, -0.25) is 4.98 Å². The van der Waals surface area contributed by atoms with Crippen LogP contribution in [0.2, 0.25) is 0 Å². The summed E-state index contributed by atoms with van der Waals surface area (Å²) >= 11 is 0. The molecule has 1 aliphatic rings. The van der Waals surface area contributed by atoms with Crippen LogP contribution < -0.4 is 4.74 Å². The van der Waals surface area contributed by atoms with Gasteiger partial charge in [0.2, 0.25) is 0 Å². The van der Waals surface area contributed by atoms with Crippen LogP contribution in [0.1, 0.15) is 25.0 Å². The van der Waals surface area contributed by atoms with Crippen molar-refractivity contribution in [2.45, 2.75) is 32.3 Å². The lowest BCUT2D eigenvalue weighted by atomic mass is 9.96. The van der Waals surface area contributed by atoms with Crippen LogP contribution in [0.25, 0.3) is 0 Å². The summed E-state index contributed by atoms with van der Waals surface area (Å²) in [5.41, 5.74) is 0.990. The van der Waals surface area contributed by atoms with E-state index in [1.54, 1.807) is 6.20 Å². The maximum Gasteiger partial charge on any atom is 0.140 e. The number of nitrogens with zero attached hydrogens (tertiary/aromatic N) is 1. The van der Waals surface area contributed by atoms with Crippen LogP contribution in [0.4, 0.5) is 0 Å². The molecule has 64 valence electrons. The van der Waals surface area contributed by atoms with E-state index in [0.717, 1.165) is 11.4 Å². The van der Waals surface area contributed by atoms with E-state index < -0.39 is 0 Å². The molecule has 0 N–H and O–H groups in total. The zero-order valence-electron chi connectivity index (χ0n) is 7.29. The lowest BCUT2D eigenvalue weighted by molar-refractivity contribution is 0.119. The number of hydrogen-bond donors (Lipinski definition) is 0. The highest BCUT2D eigenvalue weighted by molar-refractivity contribution is 5.25. The maximum absolute atomic E-state index is 5.72. The van der Waals surface area contributed by atoms with Crippen molar-refractivity contribution in [2.24, 2.45) is 0 Å². The lowest BCUT2D eigenvalue weighted by Gasteiger charge is -2.26. The molecule has 0 atom stereocenters. The molecule has 1 aliphatic carbocycles. The minimum atomic E-state index is 0.452. The molecule has 0 radical (unpaired) electrons. The first-order valence-corrected chi connectivity index (χ1v) is 4.44. The molecule has 2 rings (SSSR count). The van der Waals surface area contributed by atoms with Crippen molar-refractivity contribution in [1.82, 2.24) is 4.98 Å². The molecule has 0 aromatic carbocycles. The Hall–Kier alpha value is -1.05. The summed E-state index contributed by atoms with van der Waals surface area (Å²) in [7, 11) is 0. The molecular weight excluding hydrogens is 150 g/mol. The first-order valence-electron chi connectivity index (χ1n) is 4.44. The van der Waals surface area contributed by atoms with Gasteiger partial charge in [0.15, 0.2) is 0 Å². The van der Waals surface area contributed by atoms with Crippen LogP contribution >= 0.6 is 0 Å². The fraction of sp³-hybridized carbons (Fsp3) is 0.500. The average Bonchev–Trinajstić information content (AvgIpc) is 2.00. The van der Waals surface area contributed by atoms with Gasteiger partial charge in [-0.05, 0) is 38.3 Å². The third-order valence-corrected chi connectivity index (χ3v) is 2.30. The summed E-state index contributed by atoms with van der Waals surface area (Å²) in [5.74, 6) is 0.946. The SMILES string of the molecule is Cc1ncccc1OC1CCC1. The summed E-state index contributed by atoms with van der Waals surface area (Å²) in [4.78, 5) is 4.17. The molecule has 0 amide bonds. The Balaban J connectivity index is 2.06. The largest absolute Gasteiger partial charge is 0.489 e. The molecule has 1 aromatic heterocycles. The summed E-state index contributed by atoms with van der Waals surface area (Å²) < 4.78 is 5.72. The predicted octanol–water partition coefficient (Wildman–Crippen LogP) is 2.32. The highest BCUT2D eigenvalue weighted by atomic mass is 16.5. The van der Waals surface area contributed by atoms with Crippen LogP contribution in [0.5, 0.6) is 5.75 Å². The topological polar surface area (TPSA) is 22.1 Å². The number of ether oxygens (including phenoxy) is 1. The van der Waals surface area contributed by atoms with Crippen molar-refractivity contribution in [3.63, 3.8) is 0 Å². The van der Waals surface area contributed by atoms with E-state index in [9.17, 15) is 0 Å². The number of hydrogen-bond acceptors (Lipinski definition) is 2. The van der Waals surface area contributed by atoms with E-state index in [1.165, 1.54) is 19.3 Å². The number of aryl methyl sites for hydroxylation is 1. The van der Waals surface area contributed by atoms with Crippen molar-refractivity contribution >= 4 is 0 Å². The zero-order chi connectivity index (χ0) is 8.39. The molecule has 2 heteroatoms.